The minimum absolute atomic E-state index is 0.0410. The molecule has 0 bridgehead atoms. The molecule has 2 amide bonds. The number of aryl methyl sites for hydroxylation is 1. The molecular weight excluding hydrogens is 294 g/mol. The molecule has 126 valence electrons. The highest BCUT2D eigenvalue weighted by Gasteiger charge is 2.36. The zero-order valence-corrected chi connectivity index (χ0v) is 14.0. The number of carbonyl (C=O) groups is 2. The van der Waals surface area contributed by atoms with Crippen molar-refractivity contribution >= 4 is 17.5 Å². The molecule has 1 heterocycles. The quantitative estimate of drug-likeness (QED) is 0.738. The monoisotopic (exact) mass is 319 g/mol. The Hall–Kier alpha value is -2.08. The standard InChI is InChI=1S/C17H25N3O3/c1-4-18-7-8-19-17(22)13-10-16(21)20(11-13)14-9-12(2)5-6-15(14)23-3/h5-6,9,13,18H,4,7-8,10-11H2,1-3H3,(H,19,22). The van der Waals surface area contributed by atoms with E-state index in [4.69, 9.17) is 4.74 Å². The number of ether oxygens (including phenoxy) is 1. The lowest BCUT2D eigenvalue weighted by Crippen LogP contribution is -2.37. The Morgan fingerprint density at radius 3 is 2.87 bits per heavy atom. The van der Waals surface area contributed by atoms with Crippen molar-refractivity contribution in [1.29, 1.82) is 0 Å². The van der Waals surface area contributed by atoms with E-state index in [2.05, 4.69) is 10.6 Å². The van der Waals surface area contributed by atoms with Crippen molar-refractivity contribution in [2.75, 3.05) is 38.2 Å². The summed E-state index contributed by atoms with van der Waals surface area (Å²) >= 11 is 0. The molecule has 1 aliphatic heterocycles. The van der Waals surface area contributed by atoms with E-state index in [1.54, 1.807) is 12.0 Å². The predicted octanol–water partition coefficient (Wildman–Crippen LogP) is 1.08. The van der Waals surface area contributed by atoms with Crippen LogP contribution in [0.5, 0.6) is 5.75 Å². The SMILES string of the molecule is CCNCCNC(=O)C1CC(=O)N(c2cc(C)ccc2OC)C1. The highest BCUT2D eigenvalue weighted by atomic mass is 16.5. The molecule has 1 fully saturated rings. The first-order valence-corrected chi connectivity index (χ1v) is 8.00. The van der Waals surface area contributed by atoms with Crippen LogP contribution in [0.4, 0.5) is 5.69 Å². The van der Waals surface area contributed by atoms with E-state index in [-0.39, 0.29) is 24.2 Å². The second-order valence-electron chi connectivity index (χ2n) is 5.73. The van der Waals surface area contributed by atoms with Gasteiger partial charge in [0.2, 0.25) is 11.8 Å². The van der Waals surface area contributed by atoms with Crippen molar-refractivity contribution in [2.45, 2.75) is 20.3 Å². The summed E-state index contributed by atoms with van der Waals surface area (Å²) in [6.45, 7) is 6.56. The summed E-state index contributed by atoms with van der Waals surface area (Å²) in [5, 5.41) is 6.03. The van der Waals surface area contributed by atoms with Crippen molar-refractivity contribution in [3.63, 3.8) is 0 Å². The number of hydrogen-bond acceptors (Lipinski definition) is 4. The summed E-state index contributed by atoms with van der Waals surface area (Å²) in [5.41, 5.74) is 1.78. The molecule has 0 saturated carbocycles. The molecule has 0 aliphatic carbocycles. The molecule has 6 heteroatoms. The van der Waals surface area contributed by atoms with Gasteiger partial charge in [-0.25, -0.2) is 0 Å². The van der Waals surface area contributed by atoms with E-state index in [0.717, 1.165) is 24.3 Å². The first-order valence-electron chi connectivity index (χ1n) is 8.00. The number of methoxy groups -OCH3 is 1. The van der Waals surface area contributed by atoms with E-state index in [1.807, 2.05) is 32.0 Å². The van der Waals surface area contributed by atoms with E-state index < -0.39 is 0 Å². The number of anilines is 1. The molecule has 1 saturated heterocycles. The largest absolute Gasteiger partial charge is 0.495 e. The molecule has 6 nitrogen and oxygen atoms in total. The highest BCUT2D eigenvalue weighted by molar-refractivity contribution is 6.01. The van der Waals surface area contributed by atoms with Gasteiger partial charge in [0, 0.05) is 26.1 Å². The van der Waals surface area contributed by atoms with Crippen molar-refractivity contribution in [2.24, 2.45) is 5.92 Å². The number of carbonyl (C=O) groups excluding carboxylic acids is 2. The minimum Gasteiger partial charge on any atom is -0.495 e. The van der Waals surface area contributed by atoms with Crippen LogP contribution in [0.15, 0.2) is 18.2 Å². The summed E-state index contributed by atoms with van der Waals surface area (Å²) in [6, 6.07) is 5.71. The lowest BCUT2D eigenvalue weighted by atomic mass is 10.1. The van der Waals surface area contributed by atoms with Gasteiger partial charge < -0.3 is 20.3 Å². The number of hydrogen-bond donors (Lipinski definition) is 2. The number of nitrogens with zero attached hydrogens (tertiary/aromatic N) is 1. The van der Waals surface area contributed by atoms with Gasteiger partial charge in [0.1, 0.15) is 5.75 Å². The normalized spacial score (nSPS) is 17.4. The van der Waals surface area contributed by atoms with Gasteiger partial charge in [-0.3, -0.25) is 9.59 Å². The van der Waals surface area contributed by atoms with Gasteiger partial charge in [-0.15, -0.1) is 0 Å². The molecule has 1 unspecified atom stereocenters. The number of rotatable bonds is 7. The van der Waals surface area contributed by atoms with Crippen molar-refractivity contribution < 1.29 is 14.3 Å². The van der Waals surface area contributed by atoms with E-state index in [9.17, 15) is 9.59 Å². The van der Waals surface area contributed by atoms with Crippen LogP contribution in [0.3, 0.4) is 0 Å². The summed E-state index contributed by atoms with van der Waals surface area (Å²) in [5.74, 6) is 0.234. The molecule has 0 radical (unpaired) electrons. The fraction of sp³-hybridized carbons (Fsp3) is 0.529. The van der Waals surface area contributed by atoms with Gasteiger partial charge in [0.25, 0.3) is 0 Å². The maximum Gasteiger partial charge on any atom is 0.227 e. The van der Waals surface area contributed by atoms with Gasteiger partial charge in [-0.05, 0) is 31.2 Å². The van der Waals surface area contributed by atoms with E-state index in [0.29, 0.717) is 18.8 Å². The van der Waals surface area contributed by atoms with Crippen molar-refractivity contribution in [1.82, 2.24) is 10.6 Å². The van der Waals surface area contributed by atoms with Crippen LogP contribution in [0.2, 0.25) is 0 Å². The van der Waals surface area contributed by atoms with Gasteiger partial charge in [0.05, 0.1) is 18.7 Å². The Morgan fingerprint density at radius 2 is 2.17 bits per heavy atom. The molecular formula is C17H25N3O3. The molecule has 1 aliphatic rings. The topological polar surface area (TPSA) is 70.7 Å². The summed E-state index contributed by atoms with van der Waals surface area (Å²) in [6.07, 6.45) is 0.240. The third-order valence-electron chi connectivity index (χ3n) is 3.97. The molecule has 2 N–H and O–H groups in total. The van der Waals surface area contributed by atoms with Gasteiger partial charge in [-0.1, -0.05) is 13.0 Å². The Balaban J connectivity index is 2.02. The van der Waals surface area contributed by atoms with Crippen LogP contribution >= 0.6 is 0 Å². The minimum atomic E-state index is -0.311. The maximum absolute atomic E-state index is 12.3. The van der Waals surface area contributed by atoms with Crippen LogP contribution in [0.25, 0.3) is 0 Å². The predicted molar refractivity (Wildman–Crippen MR) is 89.7 cm³/mol. The average Bonchev–Trinajstić information content (AvgIpc) is 2.93. The second-order valence-corrected chi connectivity index (χ2v) is 5.73. The molecule has 1 atom stereocenters. The van der Waals surface area contributed by atoms with Crippen LogP contribution in [0.1, 0.15) is 18.9 Å². The van der Waals surface area contributed by atoms with Crippen molar-refractivity contribution in [3.05, 3.63) is 23.8 Å². The molecule has 2 rings (SSSR count). The van der Waals surface area contributed by atoms with Crippen LogP contribution < -0.4 is 20.3 Å². The number of amides is 2. The molecule has 1 aromatic carbocycles. The maximum atomic E-state index is 12.3. The highest BCUT2D eigenvalue weighted by Crippen LogP contribution is 2.33. The Morgan fingerprint density at radius 1 is 1.39 bits per heavy atom. The number of benzene rings is 1. The first-order chi connectivity index (χ1) is 11.1. The molecule has 23 heavy (non-hydrogen) atoms. The Bertz CT molecular complexity index is 574. The van der Waals surface area contributed by atoms with Crippen LogP contribution in [0, 0.1) is 12.8 Å². The third-order valence-corrected chi connectivity index (χ3v) is 3.97. The Labute approximate surface area is 137 Å². The lowest BCUT2D eigenvalue weighted by Gasteiger charge is -2.20. The fourth-order valence-electron chi connectivity index (χ4n) is 2.72. The first kappa shape index (κ1) is 17.3. The Kier molecular flexibility index (Phi) is 5.98. The average molecular weight is 319 g/mol. The van der Waals surface area contributed by atoms with Gasteiger partial charge in [-0.2, -0.15) is 0 Å². The smallest absolute Gasteiger partial charge is 0.227 e. The summed E-state index contributed by atoms with van der Waals surface area (Å²) < 4.78 is 5.35. The van der Waals surface area contributed by atoms with Crippen LogP contribution in [-0.2, 0) is 9.59 Å². The van der Waals surface area contributed by atoms with E-state index in [1.165, 1.54) is 0 Å². The molecule has 0 spiro atoms. The second kappa shape index (κ2) is 7.97. The van der Waals surface area contributed by atoms with Gasteiger partial charge >= 0.3 is 0 Å². The van der Waals surface area contributed by atoms with Crippen LogP contribution in [-0.4, -0.2) is 45.1 Å². The van der Waals surface area contributed by atoms with Crippen molar-refractivity contribution in [3.8, 4) is 5.75 Å². The summed E-state index contributed by atoms with van der Waals surface area (Å²) in [4.78, 5) is 26.2. The molecule has 0 aromatic heterocycles. The zero-order valence-electron chi connectivity index (χ0n) is 14.0. The summed E-state index contributed by atoms with van der Waals surface area (Å²) in [7, 11) is 1.58. The third kappa shape index (κ3) is 4.22. The van der Waals surface area contributed by atoms with Gasteiger partial charge in [0.15, 0.2) is 0 Å². The fourth-order valence-corrected chi connectivity index (χ4v) is 2.72. The molecule has 1 aromatic rings. The van der Waals surface area contributed by atoms with E-state index >= 15 is 0 Å². The lowest BCUT2D eigenvalue weighted by molar-refractivity contribution is -0.126. The number of nitrogens with one attached hydrogen (secondary N) is 2. The number of likely N-dealkylation sites (N-methyl/N-ethyl adjacent to an activating group) is 1. The zero-order chi connectivity index (χ0) is 16.8.